The lowest BCUT2D eigenvalue weighted by Gasteiger charge is -2.10. The van der Waals surface area contributed by atoms with Crippen molar-refractivity contribution in [2.75, 3.05) is 0 Å². The van der Waals surface area contributed by atoms with Crippen LogP contribution >= 0.6 is 0 Å². The minimum Gasteiger partial charge on any atom is -0.494 e. The number of aromatic nitrogens is 1. The molecule has 1 heterocycles. The summed E-state index contributed by atoms with van der Waals surface area (Å²) in [5.74, 6) is -1.39. The van der Waals surface area contributed by atoms with E-state index < -0.39 is 11.8 Å². The van der Waals surface area contributed by atoms with Gasteiger partial charge in [0.05, 0.1) is 22.5 Å². The van der Waals surface area contributed by atoms with Gasteiger partial charge < -0.3 is 15.2 Å². The van der Waals surface area contributed by atoms with Crippen molar-refractivity contribution < 1.29 is 19.4 Å². The van der Waals surface area contributed by atoms with Gasteiger partial charge in [-0.05, 0) is 48.4 Å². The number of hydrogen-bond acceptors (Lipinski definition) is 3. The largest absolute Gasteiger partial charge is 0.494 e. The molecule has 0 fully saturated rings. The molecule has 0 saturated heterocycles. The number of rotatable bonds is 6. The smallest absolute Gasteiger partial charge is 0.303 e. The number of nitrogens with zero attached hydrogens (tertiary/aromatic N) is 1. The first kappa shape index (κ1) is 19.4. The van der Waals surface area contributed by atoms with E-state index in [1.165, 1.54) is 12.1 Å². The van der Waals surface area contributed by atoms with E-state index in [1.54, 1.807) is 6.07 Å². The highest BCUT2D eigenvalue weighted by Gasteiger charge is 2.19. The Morgan fingerprint density at radius 3 is 2.57 bits per heavy atom. The number of aromatic hydroxyl groups is 1. The summed E-state index contributed by atoms with van der Waals surface area (Å²) < 4.78 is 13.7. The van der Waals surface area contributed by atoms with Crippen molar-refractivity contribution in [3.8, 4) is 5.88 Å². The van der Waals surface area contributed by atoms with Crippen LogP contribution in [-0.2, 0) is 11.2 Å². The highest BCUT2D eigenvalue weighted by Crippen LogP contribution is 2.32. The van der Waals surface area contributed by atoms with Crippen LogP contribution < -0.4 is 0 Å². The molecule has 0 aliphatic rings. The number of nitrogens with one attached hydrogen (secondary N) is 1. The zero-order chi connectivity index (χ0) is 21.1. The molecule has 0 spiro atoms. The quantitative estimate of drug-likeness (QED) is 0.388. The fraction of sp³-hybridized carbons (Fsp3) is 0.0833. The molecule has 0 saturated carbocycles. The molecule has 30 heavy (non-hydrogen) atoms. The van der Waals surface area contributed by atoms with Gasteiger partial charge >= 0.3 is 5.97 Å². The average molecular weight is 402 g/mol. The van der Waals surface area contributed by atoms with Gasteiger partial charge in [0.2, 0.25) is 0 Å². The normalized spacial score (nSPS) is 11.7. The molecule has 0 amide bonds. The SMILES string of the molecule is O=C(O)CCc1cccc(C(=Nc2ccccc2)c2c(O)[nH]c3cc(F)ccc23)c1. The summed E-state index contributed by atoms with van der Waals surface area (Å²) in [6.07, 6.45) is 0.402. The second-order valence-corrected chi connectivity index (χ2v) is 6.93. The van der Waals surface area contributed by atoms with Crippen molar-refractivity contribution in [1.82, 2.24) is 4.98 Å². The third-order valence-corrected chi connectivity index (χ3v) is 4.80. The fourth-order valence-corrected chi connectivity index (χ4v) is 3.42. The number of fused-ring (bicyclic) bond motifs is 1. The number of carboxylic acid groups (broad SMARTS) is 1. The van der Waals surface area contributed by atoms with E-state index in [9.17, 15) is 14.3 Å². The molecule has 3 N–H and O–H groups in total. The first-order valence-electron chi connectivity index (χ1n) is 9.46. The van der Waals surface area contributed by atoms with Crippen molar-refractivity contribution in [3.63, 3.8) is 0 Å². The number of carboxylic acids is 1. The summed E-state index contributed by atoms with van der Waals surface area (Å²) in [7, 11) is 0. The van der Waals surface area contributed by atoms with Gasteiger partial charge in [0.25, 0.3) is 0 Å². The zero-order valence-electron chi connectivity index (χ0n) is 16.0. The predicted molar refractivity (Wildman–Crippen MR) is 114 cm³/mol. The van der Waals surface area contributed by atoms with Crippen molar-refractivity contribution in [2.45, 2.75) is 12.8 Å². The van der Waals surface area contributed by atoms with Gasteiger partial charge in [0.1, 0.15) is 5.82 Å². The lowest BCUT2D eigenvalue weighted by molar-refractivity contribution is -0.136. The van der Waals surface area contributed by atoms with E-state index in [-0.39, 0.29) is 12.3 Å². The summed E-state index contributed by atoms with van der Waals surface area (Å²) in [6, 6.07) is 21.0. The minimum absolute atomic E-state index is 0.0201. The third kappa shape index (κ3) is 4.07. The molecule has 3 aromatic carbocycles. The first-order valence-corrected chi connectivity index (χ1v) is 9.46. The molecular weight excluding hydrogens is 383 g/mol. The van der Waals surface area contributed by atoms with Gasteiger partial charge in [-0.3, -0.25) is 4.79 Å². The Bertz CT molecular complexity index is 1250. The van der Waals surface area contributed by atoms with E-state index in [1.807, 2.05) is 54.6 Å². The second-order valence-electron chi connectivity index (χ2n) is 6.93. The Morgan fingerprint density at radius 1 is 1.00 bits per heavy atom. The molecule has 0 atom stereocenters. The number of H-pyrrole nitrogens is 1. The van der Waals surface area contributed by atoms with E-state index >= 15 is 0 Å². The predicted octanol–water partition coefficient (Wildman–Crippen LogP) is 5.20. The molecule has 0 bridgehead atoms. The topological polar surface area (TPSA) is 85.7 Å². The third-order valence-electron chi connectivity index (χ3n) is 4.80. The molecule has 0 aliphatic heterocycles. The molecule has 0 radical (unpaired) electrons. The summed E-state index contributed by atoms with van der Waals surface area (Å²) in [5, 5.41) is 20.3. The van der Waals surface area contributed by atoms with Crippen molar-refractivity contribution in [2.24, 2.45) is 4.99 Å². The maximum Gasteiger partial charge on any atom is 0.303 e. The van der Waals surface area contributed by atoms with Crippen LogP contribution in [0.1, 0.15) is 23.1 Å². The van der Waals surface area contributed by atoms with Crippen LogP contribution in [-0.4, -0.2) is 26.9 Å². The van der Waals surface area contributed by atoms with Gasteiger partial charge in [0.15, 0.2) is 5.88 Å². The van der Waals surface area contributed by atoms with E-state index in [2.05, 4.69) is 4.98 Å². The molecule has 4 aromatic rings. The number of benzene rings is 3. The molecular formula is C24H19FN2O3. The number of aromatic amines is 1. The average Bonchev–Trinajstić information content (AvgIpc) is 3.06. The maximum absolute atomic E-state index is 13.7. The number of aliphatic carboxylic acids is 1. The van der Waals surface area contributed by atoms with Crippen molar-refractivity contribution in [1.29, 1.82) is 0 Å². The standard InChI is InChI=1S/C24H19FN2O3/c25-17-10-11-19-20(14-17)27-24(30)22(19)23(26-18-7-2-1-3-8-18)16-6-4-5-15(13-16)9-12-21(28)29/h1-8,10-11,13-14,27,30H,9,12H2,(H,28,29). The van der Waals surface area contributed by atoms with Gasteiger partial charge in [0, 0.05) is 17.4 Å². The van der Waals surface area contributed by atoms with Gasteiger partial charge in [-0.25, -0.2) is 9.38 Å². The van der Waals surface area contributed by atoms with Gasteiger partial charge in [-0.2, -0.15) is 0 Å². The zero-order valence-corrected chi connectivity index (χ0v) is 16.0. The fourth-order valence-electron chi connectivity index (χ4n) is 3.42. The van der Waals surface area contributed by atoms with Crippen LogP contribution in [0.5, 0.6) is 5.88 Å². The van der Waals surface area contributed by atoms with Crippen LogP contribution in [0.4, 0.5) is 10.1 Å². The monoisotopic (exact) mass is 402 g/mol. The molecule has 0 unspecified atom stereocenters. The Kier molecular flexibility index (Phi) is 5.30. The molecule has 4 rings (SSSR count). The number of aliphatic imine (C=N–C) groups is 1. The highest BCUT2D eigenvalue weighted by molar-refractivity contribution is 6.21. The molecule has 5 nitrogen and oxygen atoms in total. The minimum atomic E-state index is -0.866. The number of aryl methyl sites for hydroxylation is 1. The van der Waals surface area contributed by atoms with E-state index in [4.69, 9.17) is 10.1 Å². The van der Waals surface area contributed by atoms with Crippen LogP contribution in [0, 0.1) is 5.82 Å². The molecule has 0 aliphatic carbocycles. The van der Waals surface area contributed by atoms with Crippen molar-refractivity contribution >= 4 is 28.3 Å². The number of para-hydroxylation sites is 1. The highest BCUT2D eigenvalue weighted by atomic mass is 19.1. The van der Waals surface area contributed by atoms with E-state index in [0.717, 1.165) is 11.1 Å². The number of hydrogen-bond donors (Lipinski definition) is 3. The Hall–Kier alpha value is -3.93. The van der Waals surface area contributed by atoms with Crippen molar-refractivity contribution in [3.05, 3.63) is 95.3 Å². The molecule has 1 aromatic heterocycles. The number of halogens is 1. The summed E-state index contributed by atoms with van der Waals surface area (Å²) >= 11 is 0. The second kappa shape index (κ2) is 8.21. The summed E-state index contributed by atoms with van der Waals surface area (Å²) in [4.78, 5) is 18.5. The van der Waals surface area contributed by atoms with Gasteiger partial charge in [-0.1, -0.05) is 36.4 Å². The summed E-state index contributed by atoms with van der Waals surface area (Å²) in [6.45, 7) is 0. The summed E-state index contributed by atoms with van der Waals surface area (Å²) in [5.41, 5.74) is 3.70. The van der Waals surface area contributed by atoms with Gasteiger partial charge in [-0.15, -0.1) is 0 Å². The van der Waals surface area contributed by atoms with Crippen LogP contribution in [0.15, 0.2) is 77.8 Å². The lowest BCUT2D eigenvalue weighted by Crippen LogP contribution is -2.05. The molecule has 6 heteroatoms. The van der Waals surface area contributed by atoms with Crippen LogP contribution in [0.25, 0.3) is 10.9 Å². The maximum atomic E-state index is 13.7. The molecule has 150 valence electrons. The Morgan fingerprint density at radius 2 is 1.80 bits per heavy atom. The van der Waals surface area contributed by atoms with E-state index in [0.29, 0.717) is 34.3 Å². The lowest BCUT2D eigenvalue weighted by atomic mass is 9.97. The Labute approximate surface area is 172 Å². The van der Waals surface area contributed by atoms with Crippen LogP contribution in [0.3, 0.4) is 0 Å². The first-order chi connectivity index (χ1) is 14.5. The number of carbonyl (C=O) groups is 1. The van der Waals surface area contributed by atoms with Crippen LogP contribution in [0.2, 0.25) is 0 Å². The Balaban J connectivity index is 1.89.